The van der Waals surface area contributed by atoms with Crippen molar-refractivity contribution >= 4 is 11.8 Å². The summed E-state index contributed by atoms with van der Waals surface area (Å²) < 4.78 is 37.4. The number of hydrogen-bond acceptors (Lipinski definition) is 3. The molecular weight excluding hydrogens is 287 g/mol. The summed E-state index contributed by atoms with van der Waals surface area (Å²) >= 11 is 0. The van der Waals surface area contributed by atoms with Gasteiger partial charge in [0.25, 0.3) is 0 Å². The maximum absolute atomic E-state index is 12.5. The Morgan fingerprint density at radius 1 is 1.29 bits per heavy atom. The van der Waals surface area contributed by atoms with Gasteiger partial charge in [0.2, 0.25) is 5.91 Å². The van der Waals surface area contributed by atoms with E-state index in [2.05, 4.69) is 10.2 Å². The summed E-state index contributed by atoms with van der Waals surface area (Å²) in [5.41, 5.74) is 0. The molecular formula is C13H22F3N3O2. The van der Waals surface area contributed by atoms with Crippen LogP contribution in [0.25, 0.3) is 0 Å². The van der Waals surface area contributed by atoms with Crippen molar-refractivity contribution in [2.45, 2.75) is 38.9 Å². The minimum Gasteiger partial charge on any atom is -0.353 e. The maximum atomic E-state index is 12.5. The normalized spacial score (nSPS) is 19.1. The quantitative estimate of drug-likeness (QED) is 0.796. The Morgan fingerprint density at radius 2 is 1.90 bits per heavy atom. The van der Waals surface area contributed by atoms with Crippen LogP contribution in [-0.2, 0) is 9.59 Å². The van der Waals surface area contributed by atoms with E-state index in [4.69, 9.17) is 0 Å². The molecule has 1 heterocycles. The summed E-state index contributed by atoms with van der Waals surface area (Å²) in [4.78, 5) is 25.9. The number of rotatable bonds is 6. The molecule has 1 N–H and O–H groups in total. The monoisotopic (exact) mass is 309 g/mol. The number of carbonyl (C=O) groups excluding carboxylic acids is 2. The second-order valence-electron chi connectivity index (χ2n) is 4.97. The molecule has 1 fully saturated rings. The minimum atomic E-state index is -4.93. The third-order valence-electron chi connectivity index (χ3n) is 3.68. The number of likely N-dealkylation sites (N-methyl/N-ethyl adjacent to an activating group) is 1. The number of hydrogen-bond donors (Lipinski definition) is 1. The first-order valence-corrected chi connectivity index (χ1v) is 7.19. The van der Waals surface area contributed by atoms with Crippen molar-refractivity contribution in [3.63, 3.8) is 0 Å². The highest BCUT2D eigenvalue weighted by Gasteiger charge is 2.47. The lowest BCUT2D eigenvalue weighted by Gasteiger charge is -2.25. The van der Waals surface area contributed by atoms with Crippen molar-refractivity contribution in [1.82, 2.24) is 15.1 Å². The lowest BCUT2D eigenvalue weighted by molar-refractivity contribution is -0.186. The second-order valence-corrected chi connectivity index (χ2v) is 4.97. The van der Waals surface area contributed by atoms with Crippen LogP contribution in [0.4, 0.5) is 13.2 Å². The summed E-state index contributed by atoms with van der Waals surface area (Å²) in [6.45, 7) is 6.65. The van der Waals surface area contributed by atoms with Crippen LogP contribution in [0.1, 0.15) is 26.7 Å². The summed E-state index contributed by atoms with van der Waals surface area (Å²) in [6.07, 6.45) is -4.24. The van der Waals surface area contributed by atoms with E-state index in [1.54, 1.807) is 0 Å². The number of nitrogens with zero attached hydrogens (tertiary/aromatic N) is 2. The van der Waals surface area contributed by atoms with E-state index in [0.29, 0.717) is 24.4 Å². The van der Waals surface area contributed by atoms with E-state index in [9.17, 15) is 22.8 Å². The third kappa shape index (κ3) is 4.87. The Kier molecular flexibility index (Phi) is 6.44. The molecule has 21 heavy (non-hydrogen) atoms. The van der Waals surface area contributed by atoms with Gasteiger partial charge in [-0.15, -0.1) is 0 Å². The Balaban J connectivity index is 2.51. The fourth-order valence-corrected chi connectivity index (χ4v) is 2.44. The molecule has 1 unspecified atom stereocenters. The highest BCUT2D eigenvalue weighted by Crippen LogP contribution is 2.25. The van der Waals surface area contributed by atoms with Crippen molar-refractivity contribution < 1.29 is 22.8 Å². The van der Waals surface area contributed by atoms with Gasteiger partial charge in [0.1, 0.15) is 6.04 Å². The van der Waals surface area contributed by atoms with Crippen molar-refractivity contribution in [3.8, 4) is 0 Å². The molecule has 0 saturated carbocycles. The molecule has 0 aromatic carbocycles. The van der Waals surface area contributed by atoms with Gasteiger partial charge in [0.15, 0.2) is 0 Å². The Labute approximate surface area is 122 Å². The lowest BCUT2D eigenvalue weighted by atomic mass is 10.2. The summed E-state index contributed by atoms with van der Waals surface area (Å²) in [5.74, 6) is -2.43. The second kappa shape index (κ2) is 7.63. The molecule has 1 aliphatic heterocycles. The Morgan fingerprint density at radius 3 is 2.43 bits per heavy atom. The van der Waals surface area contributed by atoms with E-state index >= 15 is 0 Å². The van der Waals surface area contributed by atoms with Crippen molar-refractivity contribution in [3.05, 3.63) is 0 Å². The van der Waals surface area contributed by atoms with Crippen LogP contribution < -0.4 is 5.32 Å². The van der Waals surface area contributed by atoms with Crippen molar-refractivity contribution in [2.24, 2.45) is 0 Å². The molecule has 2 amide bonds. The topological polar surface area (TPSA) is 52.7 Å². The predicted octanol–water partition coefficient (Wildman–Crippen LogP) is 0.998. The number of halogens is 3. The van der Waals surface area contributed by atoms with Crippen LogP contribution >= 0.6 is 0 Å². The van der Waals surface area contributed by atoms with Crippen LogP contribution in [-0.4, -0.2) is 66.6 Å². The summed E-state index contributed by atoms with van der Waals surface area (Å²) in [6, 6.07) is -1.00. The van der Waals surface area contributed by atoms with Crippen LogP contribution in [0.2, 0.25) is 0 Å². The minimum absolute atomic E-state index is 0.0214. The van der Waals surface area contributed by atoms with Gasteiger partial charge in [-0.1, -0.05) is 13.8 Å². The van der Waals surface area contributed by atoms with E-state index in [1.165, 1.54) is 0 Å². The zero-order valence-corrected chi connectivity index (χ0v) is 12.4. The number of nitrogens with one attached hydrogen (secondary N) is 1. The molecule has 0 aliphatic carbocycles. The molecule has 5 nitrogen and oxygen atoms in total. The van der Waals surface area contributed by atoms with Gasteiger partial charge in [0, 0.05) is 19.6 Å². The standard InChI is InChI=1S/C13H22F3N3O2/c1-3-18(4-2)9-7-17-11(20)10-6-5-8-19(10)12(21)13(14,15)16/h10H,3-9H2,1-2H3,(H,17,20). The molecule has 122 valence electrons. The van der Waals surface area contributed by atoms with E-state index in [1.807, 2.05) is 13.8 Å². The molecule has 0 bridgehead atoms. The average molecular weight is 309 g/mol. The molecule has 1 rings (SSSR count). The Bertz CT molecular complexity index is 370. The largest absolute Gasteiger partial charge is 0.471 e. The predicted molar refractivity (Wildman–Crippen MR) is 71.6 cm³/mol. The highest BCUT2D eigenvalue weighted by molar-refractivity contribution is 5.90. The lowest BCUT2D eigenvalue weighted by Crippen LogP contribution is -2.51. The van der Waals surface area contributed by atoms with Gasteiger partial charge in [-0.25, -0.2) is 0 Å². The fraction of sp³-hybridized carbons (Fsp3) is 0.846. The number of alkyl halides is 3. The van der Waals surface area contributed by atoms with Crippen LogP contribution in [0, 0.1) is 0 Å². The summed E-state index contributed by atoms with van der Waals surface area (Å²) in [7, 11) is 0. The third-order valence-corrected chi connectivity index (χ3v) is 3.68. The van der Waals surface area contributed by atoms with Gasteiger partial charge < -0.3 is 15.1 Å². The van der Waals surface area contributed by atoms with Gasteiger partial charge in [-0.3, -0.25) is 9.59 Å². The van der Waals surface area contributed by atoms with Crippen LogP contribution in [0.5, 0.6) is 0 Å². The maximum Gasteiger partial charge on any atom is 0.471 e. The summed E-state index contributed by atoms with van der Waals surface area (Å²) in [5, 5.41) is 2.62. The van der Waals surface area contributed by atoms with Crippen LogP contribution in [0.15, 0.2) is 0 Å². The molecule has 0 aromatic heterocycles. The van der Waals surface area contributed by atoms with Gasteiger partial charge in [-0.05, 0) is 25.9 Å². The van der Waals surface area contributed by atoms with E-state index in [0.717, 1.165) is 13.1 Å². The number of likely N-dealkylation sites (tertiary alicyclic amines) is 1. The van der Waals surface area contributed by atoms with Gasteiger partial charge in [0.05, 0.1) is 0 Å². The highest BCUT2D eigenvalue weighted by atomic mass is 19.4. The van der Waals surface area contributed by atoms with Crippen molar-refractivity contribution in [2.75, 3.05) is 32.7 Å². The first-order chi connectivity index (χ1) is 9.81. The number of amides is 2. The molecule has 1 atom stereocenters. The zero-order valence-electron chi connectivity index (χ0n) is 12.4. The zero-order chi connectivity index (χ0) is 16.0. The molecule has 8 heteroatoms. The van der Waals surface area contributed by atoms with Gasteiger partial charge in [-0.2, -0.15) is 13.2 Å². The number of carbonyl (C=O) groups is 2. The SMILES string of the molecule is CCN(CC)CCNC(=O)C1CCCN1C(=O)C(F)(F)F. The first kappa shape index (κ1) is 17.7. The molecule has 1 saturated heterocycles. The van der Waals surface area contributed by atoms with E-state index in [-0.39, 0.29) is 13.0 Å². The smallest absolute Gasteiger partial charge is 0.353 e. The van der Waals surface area contributed by atoms with Crippen LogP contribution in [0.3, 0.4) is 0 Å². The van der Waals surface area contributed by atoms with Crippen molar-refractivity contribution in [1.29, 1.82) is 0 Å². The Hall–Kier alpha value is -1.31. The van der Waals surface area contributed by atoms with E-state index < -0.39 is 24.0 Å². The average Bonchev–Trinajstić information content (AvgIpc) is 2.90. The fourth-order valence-electron chi connectivity index (χ4n) is 2.44. The molecule has 0 aromatic rings. The molecule has 0 radical (unpaired) electrons. The molecule has 1 aliphatic rings. The van der Waals surface area contributed by atoms with Gasteiger partial charge >= 0.3 is 12.1 Å². The first-order valence-electron chi connectivity index (χ1n) is 7.19. The molecule has 0 spiro atoms.